The van der Waals surface area contributed by atoms with Crippen molar-refractivity contribution in [3.8, 4) is 5.75 Å². The predicted molar refractivity (Wildman–Crippen MR) is 117 cm³/mol. The summed E-state index contributed by atoms with van der Waals surface area (Å²) in [6.07, 6.45) is 0. The number of carbonyl (C=O) groups excluding carboxylic acids is 1. The number of nitrogens with zero attached hydrogens (tertiary/aromatic N) is 4. The van der Waals surface area contributed by atoms with E-state index in [4.69, 9.17) is 4.74 Å². The lowest BCUT2D eigenvalue weighted by molar-refractivity contribution is 0.0494. The highest BCUT2D eigenvalue weighted by Gasteiger charge is 2.29. The Morgan fingerprint density at radius 1 is 1.00 bits per heavy atom. The summed E-state index contributed by atoms with van der Waals surface area (Å²) in [5.74, 6) is 0.882. The summed E-state index contributed by atoms with van der Waals surface area (Å²) in [5.41, 5.74) is 2.74. The van der Waals surface area contributed by atoms with Crippen LogP contribution in [0.5, 0.6) is 5.75 Å². The van der Waals surface area contributed by atoms with E-state index in [-0.39, 0.29) is 11.9 Å². The number of carbonyl (C=O) groups is 1. The van der Waals surface area contributed by atoms with Gasteiger partial charge in [-0.1, -0.05) is 48.5 Å². The Bertz CT molecular complexity index is 944. The van der Waals surface area contributed by atoms with Crippen LogP contribution in [0, 0.1) is 6.92 Å². The fourth-order valence-electron chi connectivity index (χ4n) is 3.84. The number of ether oxygens (including phenoxy) is 1. The van der Waals surface area contributed by atoms with Crippen molar-refractivity contribution in [3.05, 3.63) is 83.7 Å². The van der Waals surface area contributed by atoms with Gasteiger partial charge in [-0.2, -0.15) is 5.10 Å². The molecule has 156 valence electrons. The lowest BCUT2D eigenvalue weighted by Gasteiger charge is -2.39. The third kappa shape index (κ3) is 4.54. The number of rotatable bonds is 6. The van der Waals surface area contributed by atoms with Gasteiger partial charge in [0.2, 0.25) is 0 Å². The van der Waals surface area contributed by atoms with Crippen LogP contribution < -0.4 is 4.74 Å². The van der Waals surface area contributed by atoms with Gasteiger partial charge in [-0.05, 0) is 30.7 Å². The molecule has 6 nitrogen and oxygen atoms in total. The highest BCUT2D eigenvalue weighted by atomic mass is 16.5. The van der Waals surface area contributed by atoms with Crippen molar-refractivity contribution in [2.75, 3.05) is 32.8 Å². The standard InChI is InChI=1S/C24H28N4O2/c1-19-17-22(25-26(19)2)24(29)28-15-13-27(14-16-28)23(20-9-5-3-6-10-20)18-30-21-11-7-4-8-12-21/h3-12,17,23H,13-16,18H2,1-2H3. The summed E-state index contributed by atoms with van der Waals surface area (Å²) in [6, 6.07) is 22.4. The van der Waals surface area contributed by atoms with Gasteiger partial charge in [-0.3, -0.25) is 14.4 Å². The number of hydrogen-bond acceptors (Lipinski definition) is 4. The molecule has 0 spiro atoms. The largest absolute Gasteiger partial charge is 0.492 e. The average Bonchev–Trinajstić information content (AvgIpc) is 3.13. The topological polar surface area (TPSA) is 50.6 Å². The van der Waals surface area contributed by atoms with Crippen LogP contribution in [0.3, 0.4) is 0 Å². The minimum absolute atomic E-state index is 0.00940. The van der Waals surface area contributed by atoms with Crippen molar-refractivity contribution in [1.29, 1.82) is 0 Å². The minimum Gasteiger partial charge on any atom is -0.492 e. The number of benzene rings is 2. The summed E-state index contributed by atoms with van der Waals surface area (Å²) in [4.78, 5) is 17.1. The molecule has 1 atom stereocenters. The second kappa shape index (κ2) is 9.13. The number of aryl methyl sites for hydroxylation is 2. The quantitative estimate of drug-likeness (QED) is 0.633. The van der Waals surface area contributed by atoms with Crippen LogP contribution in [-0.2, 0) is 7.05 Å². The Labute approximate surface area is 177 Å². The van der Waals surface area contributed by atoms with Gasteiger partial charge in [0.15, 0.2) is 5.69 Å². The summed E-state index contributed by atoms with van der Waals surface area (Å²) in [5, 5.41) is 4.34. The molecule has 1 unspecified atom stereocenters. The van der Waals surface area contributed by atoms with Crippen molar-refractivity contribution >= 4 is 5.91 Å². The highest BCUT2D eigenvalue weighted by molar-refractivity contribution is 5.92. The maximum atomic E-state index is 12.8. The second-order valence-electron chi connectivity index (χ2n) is 7.67. The zero-order valence-electron chi connectivity index (χ0n) is 17.6. The fourth-order valence-corrected chi connectivity index (χ4v) is 3.84. The first-order chi connectivity index (χ1) is 14.6. The van der Waals surface area contributed by atoms with Crippen molar-refractivity contribution in [2.24, 2.45) is 7.05 Å². The van der Waals surface area contributed by atoms with Gasteiger partial charge in [0.05, 0.1) is 6.04 Å². The molecule has 2 heterocycles. The van der Waals surface area contributed by atoms with Crippen LogP contribution in [0.1, 0.15) is 27.8 Å². The summed E-state index contributed by atoms with van der Waals surface area (Å²) >= 11 is 0. The zero-order chi connectivity index (χ0) is 20.9. The van der Waals surface area contributed by atoms with E-state index in [0.29, 0.717) is 25.4 Å². The summed E-state index contributed by atoms with van der Waals surface area (Å²) < 4.78 is 7.85. The van der Waals surface area contributed by atoms with Crippen LogP contribution in [0.25, 0.3) is 0 Å². The van der Waals surface area contributed by atoms with Crippen LogP contribution in [0.15, 0.2) is 66.7 Å². The van der Waals surface area contributed by atoms with E-state index in [0.717, 1.165) is 24.5 Å². The summed E-state index contributed by atoms with van der Waals surface area (Å²) in [7, 11) is 1.86. The number of aromatic nitrogens is 2. The molecule has 4 rings (SSSR count). The third-order valence-corrected chi connectivity index (χ3v) is 5.71. The van der Waals surface area contributed by atoms with Gasteiger partial charge in [0.1, 0.15) is 12.4 Å². The van der Waals surface area contributed by atoms with Gasteiger partial charge < -0.3 is 9.64 Å². The lowest BCUT2D eigenvalue weighted by Crippen LogP contribution is -2.50. The normalized spacial score (nSPS) is 15.7. The van der Waals surface area contributed by atoms with E-state index >= 15 is 0 Å². The lowest BCUT2D eigenvalue weighted by atomic mass is 10.0. The molecule has 1 amide bonds. The second-order valence-corrected chi connectivity index (χ2v) is 7.67. The Morgan fingerprint density at radius 2 is 1.63 bits per heavy atom. The van der Waals surface area contributed by atoms with Crippen LogP contribution in [-0.4, -0.2) is 58.3 Å². The Hall–Kier alpha value is -3.12. The summed E-state index contributed by atoms with van der Waals surface area (Å²) in [6.45, 7) is 5.50. The van der Waals surface area contributed by atoms with E-state index in [1.54, 1.807) is 4.68 Å². The van der Waals surface area contributed by atoms with E-state index in [9.17, 15) is 4.79 Å². The van der Waals surface area contributed by atoms with Crippen molar-refractivity contribution in [3.63, 3.8) is 0 Å². The molecule has 1 aliphatic rings. The molecule has 0 saturated carbocycles. The molecule has 1 aliphatic heterocycles. The minimum atomic E-state index is 0.00940. The van der Waals surface area contributed by atoms with Crippen LogP contribution in [0.2, 0.25) is 0 Å². The maximum absolute atomic E-state index is 12.8. The van der Waals surface area contributed by atoms with Crippen LogP contribution in [0.4, 0.5) is 0 Å². The maximum Gasteiger partial charge on any atom is 0.274 e. The smallest absolute Gasteiger partial charge is 0.274 e. The molecule has 0 N–H and O–H groups in total. The first kappa shape index (κ1) is 20.2. The van der Waals surface area contributed by atoms with E-state index in [1.807, 2.05) is 61.3 Å². The third-order valence-electron chi connectivity index (χ3n) is 5.71. The number of amides is 1. The van der Waals surface area contributed by atoms with E-state index in [2.05, 4.69) is 34.3 Å². The molecule has 0 aliphatic carbocycles. The van der Waals surface area contributed by atoms with E-state index < -0.39 is 0 Å². The van der Waals surface area contributed by atoms with Crippen molar-refractivity contribution in [2.45, 2.75) is 13.0 Å². The monoisotopic (exact) mass is 404 g/mol. The van der Waals surface area contributed by atoms with E-state index in [1.165, 1.54) is 5.56 Å². The predicted octanol–water partition coefficient (Wildman–Crippen LogP) is 3.31. The molecular formula is C24H28N4O2. The Balaban J connectivity index is 1.43. The zero-order valence-corrected chi connectivity index (χ0v) is 17.6. The molecule has 0 bridgehead atoms. The molecule has 30 heavy (non-hydrogen) atoms. The molecule has 1 fully saturated rings. The molecular weight excluding hydrogens is 376 g/mol. The molecule has 1 aromatic heterocycles. The van der Waals surface area contributed by atoms with Gasteiger partial charge in [0, 0.05) is 38.9 Å². The highest BCUT2D eigenvalue weighted by Crippen LogP contribution is 2.24. The molecule has 0 radical (unpaired) electrons. The Kier molecular flexibility index (Phi) is 6.14. The van der Waals surface area contributed by atoms with Gasteiger partial charge in [-0.25, -0.2) is 0 Å². The van der Waals surface area contributed by atoms with Gasteiger partial charge >= 0.3 is 0 Å². The molecule has 1 saturated heterocycles. The Morgan fingerprint density at radius 3 is 2.23 bits per heavy atom. The first-order valence-electron chi connectivity index (χ1n) is 10.4. The first-order valence-corrected chi connectivity index (χ1v) is 10.4. The average molecular weight is 405 g/mol. The van der Waals surface area contributed by atoms with Gasteiger partial charge in [0.25, 0.3) is 5.91 Å². The van der Waals surface area contributed by atoms with Crippen LogP contribution >= 0.6 is 0 Å². The van der Waals surface area contributed by atoms with Gasteiger partial charge in [-0.15, -0.1) is 0 Å². The van der Waals surface area contributed by atoms with Crippen molar-refractivity contribution < 1.29 is 9.53 Å². The SMILES string of the molecule is Cc1cc(C(=O)N2CCN(C(COc3ccccc3)c3ccccc3)CC2)nn1C. The molecule has 3 aromatic rings. The number of hydrogen-bond donors (Lipinski definition) is 0. The fraction of sp³-hybridized carbons (Fsp3) is 0.333. The van der Waals surface area contributed by atoms with Crippen molar-refractivity contribution in [1.82, 2.24) is 19.6 Å². The number of para-hydroxylation sites is 1. The molecule has 2 aromatic carbocycles. The molecule has 6 heteroatoms. The number of piperazine rings is 1.